The van der Waals surface area contributed by atoms with Gasteiger partial charge in [-0.15, -0.1) is 0 Å². The molecule has 0 aromatic heterocycles. The van der Waals surface area contributed by atoms with E-state index in [0.29, 0.717) is 19.1 Å². The molecule has 4 nitrogen and oxygen atoms in total. The second-order valence-corrected chi connectivity index (χ2v) is 6.67. The number of nitrogens with two attached hydrogens (primary N) is 1. The molecule has 20 heavy (non-hydrogen) atoms. The van der Waals surface area contributed by atoms with Crippen molar-refractivity contribution in [3.8, 4) is 0 Å². The Morgan fingerprint density at radius 3 is 2.55 bits per heavy atom. The van der Waals surface area contributed by atoms with Crippen molar-refractivity contribution in [1.29, 1.82) is 0 Å². The average molecular weight is 309 g/mol. The van der Waals surface area contributed by atoms with E-state index in [0.717, 1.165) is 18.6 Å². The van der Waals surface area contributed by atoms with Crippen LogP contribution in [0.25, 0.3) is 0 Å². The number of alkyl halides is 3. The van der Waals surface area contributed by atoms with Crippen LogP contribution in [-0.2, 0) is 20.8 Å². The molecule has 1 atom stereocenters. The summed E-state index contributed by atoms with van der Waals surface area (Å²) in [5, 5.41) is 0. The molecule has 1 aromatic rings. The summed E-state index contributed by atoms with van der Waals surface area (Å²) in [5.74, 6) is -0.261. The number of rotatable bonds is 3. The van der Waals surface area contributed by atoms with E-state index in [9.17, 15) is 21.6 Å². The van der Waals surface area contributed by atoms with Crippen LogP contribution in [0.2, 0.25) is 0 Å². The van der Waals surface area contributed by atoms with Crippen molar-refractivity contribution in [2.24, 2.45) is 0 Å². The normalized spacial score (nSPS) is 20.2. The molecule has 0 bridgehead atoms. The molecule has 0 saturated carbocycles. The summed E-state index contributed by atoms with van der Waals surface area (Å²) in [6, 6.07) is 2.27. The van der Waals surface area contributed by atoms with Crippen LogP contribution in [0.3, 0.4) is 0 Å². The van der Waals surface area contributed by atoms with Crippen molar-refractivity contribution in [3.63, 3.8) is 0 Å². The quantitative estimate of drug-likeness (QED) is 0.869. The molecule has 0 radical (unpaired) electrons. The Bertz CT molecular complexity index is 592. The van der Waals surface area contributed by atoms with Gasteiger partial charge in [-0.25, -0.2) is 8.42 Å². The van der Waals surface area contributed by atoms with Gasteiger partial charge in [0.05, 0.1) is 28.0 Å². The smallest absolute Gasteiger partial charge is 0.398 e. The van der Waals surface area contributed by atoms with Crippen molar-refractivity contribution in [3.05, 3.63) is 23.8 Å². The van der Waals surface area contributed by atoms with E-state index in [4.69, 9.17) is 10.5 Å². The van der Waals surface area contributed by atoms with Crippen molar-refractivity contribution < 1.29 is 26.3 Å². The van der Waals surface area contributed by atoms with E-state index in [1.54, 1.807) is 0 Å². The lowest BCUT2D eigenvalue weighted by molar-refractivity contribution is -0.137. The van der Waals surface area contributed by atoms with Crippen molar-refractivity contribution in [1.82, 2.24) is 0 Å². The number of ether oxygens (including phenoxy) is 1. The van der Waals surface area contributed by atoms with Crippen LogP contribution in [0.1, 0.15) is 18.4 Å². The zero-order chi connectivity index (χ0) is 15.0. The fourth-order valence-electron chi connectivity index (χ4n) is 2.12. The largest absolute Gasteiger partial charge is 0.416 e. The first kappa shape index (κ1) is 15.1. The number of halogens is 3. The van der Waals surface area contributed by atoms with Crippen molar-refractivity contribution in [2.45, 2.75) is 30.0 Å². The summed E-state index contributed by atoms with van der Waals surface area (Å²) in [4.78, 5) is -0.277. The number of benzene rings is 1. The summed E-state index contributed by atoms with van der Waals surface area (Å²) < 4.78 is 67.0. The van der Waals surface area contributed by atoms with Gasteiger partial charge in [0.2, 0.25) is 0 Å². The Morgan fingerprint density at radius 1 is 1.35 bits per heavy atom. The van der Waals surface area contributed by atoms with Crippen LogP contribution >= 0.6 is 0 Å². The first-order chi connectivity index (χ1) is 9.20. The molecule has 0 spiro atoms. The van der Waals surface area contributed by atoms with Crippen molar-refractivity contribution >= 4 is 15.5 Å². The van der Waals surface area contributed by atoms with Crippen LogP contribution in [0.15, 0.2) is 23.1 Å². The molecule has 0 aliphatic carbocycles. The Morgan fingerprint density at radius 2 is 2.05 bits per heavy atom. The van der Waals surface area contributed by atoms with Crippen LogP contribution in [0.4, 0.5) is 18.9 Å². The Labute approximate surface area is 114 Å². The highest BCUT2D eigenvalue weighted by atomic mass is 32.2. The van der Waals surface area contributed by atoms with Gasteiger partial charge in [0.25, 0.3) is 0 Å². The van der Waals surface area contributed by atoms with E-state index in [-0.39, 0.29) is 10.6 Å². The van der Waals surface area contributed by atoms with Crippen LogP contribution in [-0.4, -0.2) is 26.9 Å². The Kier molecular flexibility index (Phi) is 3.97. The van der Waals surface area contributed by atoms with E-state index in [2.05, 4.69) is 0 Å². The second kappa shape index (κ2) is 5.25. The summed E-state index contributed by atoms with van der Waals surface area (Å²) in [6.45, 7) is 0.503. The predicted octanol–water partition coefficient (Wildman–Crippen LogP) is 2.24. The van der Waals surface area contributed by atoms with Gasteiger partial charge in [-0.1, -0.05) is 0 Å². The van der Waals surface area contributed by atoms with Gasteiger partial charge in [-0.3, -0.25) is 0 Å². The molecule has 1 fully saturated rings. The minimum absolute atomic E-state index is 0.261. The molecule has 0 amide bonds. The van der Waals surface area contributed by atoms with E-state index >= 15 is 0 Å². The van der Waals surface area contributed by atoms with Crippen LogP contribution in [0, 0.1) is 0 Å². The number of nitrogen functional groups attached to an aromatic ring is 1. The molecular formula is C12H14F3NO3S. The third-order valence-electron chi connectivity index (χ3n) is 3.10. The third-order valence-corrected chi connectivity index (χ3v) is 4.95. The minimum Gasteiger partial charge on any atom is -0.398 e. The monoisotopic (exact) mass is 309 g/mol. The van der Waals surface area contributed by atoms with E-state index in [1.165, 1.54) is 0 Å². The van der Waals surface area contributed by atoms with E-state index < -0.39 is 33.4 Å². The lowest BCUT2D eigenvalue weighted by Gasteiger charge is -2.13. The number of hydrogen-bond donors (Lipinski definition) is 1. The third kappa shape index (κ3) is 3.24. The average Bonchev–Trinajstić information content (AvgIpc) is 2.79. The maximum Gasteiger partial charge on any atom is 0.416 e. The summed E-state index contributed by atoms with van der Waals surface area (Å²) in [7, 11) is -3.75. The fourth-order valence-corrected chi connectivity index (χ4v) is 3.74. The van der Waals surface area contributed by atoms with Gasteiger partial charge in [-0.05, 0) is 31.0 Å². The molecule has 2 N–H and O–H groups in total. The SMILES string of the molecule is Nc1cc(C(F)(F)F)ccc1S(=O)(=O)CC1CCCO1. The maximum absolute atomic E-state index is 12.5. The van der Waals surface area contributed by atoms with E-state index in [1.807, 2.05) is 0 Å². The molecule has 1 aliphatic rings. The Hall–Kier alpha value is -1.28. The first-order valence-electron chi connectivity index (χ1n) is 6.01. The van der Waals surface area contributed by atoms with Crippen molar-refractivity contribution in [2.75, 3.05) is 18.1 Å². The summed E-state index contributed by atoms with van der Waals surface area (Å²) >= 11 is 0. The minimum atomic E-state index is -4.55. The molecule has 1 aromatic carbocycles. The molecule has 2 rings (SSSR count). The lowest BCUT2D eigenvalue weighted by atomic mass is 10.2. The molecular weight excluding hydrogens is 295 g/mol. The van der Waals surface area contributed by atoms with Crippen LogP contribution < -0.4 is 5.73 Å². The number of anilines is 1. The molecule has 1 heterocycles. The standard InChI is InChI=1S/C12H14F3NO3S/c13-12(14,15)8-3-4-11(10(16)6-8)20(17,18)7-9-2-1-5-19-9/h3-4,6,9H,1-2,5,7,16H2. The van der Waals surface area contributed by atoms with Gasteiger partial charge in [0, 0.05) is 6.61 Å². The molecule has 1 unspecified atom stereocenters. The number of sulfone groups is 1. The first-order valence-corrected chi connectivity index (χ1v) is 7.66. The second-order valence-electron chi connectivity index (χ2n) is 4.67. The highest BCUT2D eigenvalue weighted by molar-refractivity contribution is 7.91. The highest BCUT2D eigenvalue weighted by Crippen LogP contribution is 2.33. The van der Waals surface area contributed by atoms with Crippen LogP contribution in [0.5, 0.6) is 0 Å². The van der Waals surface area contributed by atoms with Gasteiger partial charge in [-0.2, -0.15) is 13.2 Å². The topological polar surface area (TPSA) is 69.4 Å². The van der Waals surface area contributed by atoms with Gasteiger partial charge in [0.1, 0.15) is 0 Å². The number of hydrogen-bond acceptors (Lipinski definition) is 4. The molecule has 1 saturated heterocycles. The summed E-state index contributed by atoms with van der Waals surface area (Å²) in [6.07, 6.45) is -3.56. The van der Waals surface area contributed by atoms with Gasteiger partial charge in [0.15, 0.2) is 9.84 Å². The zero-order valence-electron chi connectivity index (χ0n) is 10.5. The molecule has 1 aliphatic heterocycles. The fraction of sp³-hybridized carbons (Fsp3) is 0.500. The lowest BCUT2D eigenvalue weighted by Crippen LogP contribution is -2.21. The highest BCUT2D eigenvalue weighted by Gasteiger charge is 2.32. The molecule has 112 valence electrons. The summed E-state index contributed by atoms with van der Waals surface area (Å²) in [5.41, 5.74) is 4.10. The molecule has 8 heteroatoms. The van der Waals surface area contributed by atoms with Gasteiger partial charge < -0.3 is 10.5 Å². The van der Waals surface area contributed by atoms with Gasteiger partial charge >= 0.3 is 6.18 Å². The zero-order valence-corrected chi connectivity index (χ0v) is 11.3. The Balaban J connectivity index is 2.28. The maximum atomic E-state index is 12.5. The predicted molar refractivity (Wildman–Crippen MR) is 66.9 cm³/mol.